The van der Waals surface area contributed by atoms with Crippen LogP contribution in [0.25, 0.3) is 0 Å². The zero-order valence-electron chi connectivity index (χ0n) is 12.9. The monoisotopic (exact) mass is 283 g/mol. The smallest absolute Gasteiger partial charge is 0.223 e. The molecular formula is C19H25NO. The summed E-state index contributed by atoms with van der Waals surface area (Å²) in [7, 11) is 0. The Balaban J connectivity index is 1.68. The van der Waals surface area contributed by atoms with Crippen LogP contribution in [0.2, 0.25) is 0 Å². The summed E-state index contributed by atoms with van der Waals surface area (Å²) >= 11 is 0. The van der Waals surface area contributed by atoms with E-state index in [9.17, 15) is 4.79 Å². The first-order valence-electron chi connectivity index (χ1n) is 8.24. The molecule has 1 saturated carbocycles. The van der Waals surface area contributed by atoms with Gasteiger partial charge in [0.05, 0.1) is 0 Å². The lowest BCUT2D eigenvalue weighted by molar-refractivity contribution is -0.135. The number of hydrogen-bond donors (Lipinski definition) is 0. The summed E-state index contributed by atoms with van der Waals surface area (Å²) in [5, 5.41) is 0. The predicted molar refractivity (Wildman–Crippen MR) is 85.7 cm³/mol. The number of nitrogens with zero attached hydrogens (tertiary/aromatic N) is 1. The molecule has 0 bridgehead atoms. The Bertz CT molecular complexity index is 504. The number of rotatable bonds is 6. The summed E-state index contributed by atoms with van der Waals surface area (Å²) in [4.78, 5) is 14.9. The maximum Gasteiger partial charge on any atom is 0.223 e. The minimum Gasteiger partial charge on any atom is -0.335 e. The third kappa shape index (κ3) is 3.75. The lowest BCUT2D eigenvalue weighted by Gasteiger charge is -2.30. The van der Waals surface area contributed by atoms with Crippen molar-refractivity contribution in [3.8, 4) is 0 Å². The number of allylic oxidation sites excluding steroid dienone is 2. The molecule has 1 aromatic rings. The van der Waals surface area contributed by atoms with Crippen molar-refractivity contribution in [3.63, 3.8) is 0 Å². The Labute approximate surface area is 127 Å². The first-order chi connectivity index (χ1) is 10.2. The molecule has 0 spiro atoms. The summed E-state index contributed by atoms with van der Waals surface area (Å²) in [6, 6.07) is 10.8. The van der Waals surface area contributed by atoms with Crippen molar-refractivity contribution in [3.05, 3.63) is 48.0 Å². The summed E-state index contributed by atoms with van der Waals surface area (Å²) in [6.07, 6.45) is 9.95. The predicted octanol–water partition coefficient (Wildman–Crippen LogP) is 4.17. The fraction of sp³-hybridized carbons (Fsp3) is 0.526. The fourth-order valence-electron chi connectivity index (χ4n) is 3.28. The molecule has 2 heteroatoms. The van der Waals surface area contributed by atoms with Crippen LogP contribution in [0.15, 0.2) is 42.5 Å². The van der Waals surface area contributed by atoms with Gasteiger partial charge in [0, 0.05) is 19.0 Å². The Morgan fingerprint density at radius 1 is 1.24 bits per heavy atom. The van der Waals surface area contributed by atoms with E-state index in [0.29, 0.717) is 24.3 Å². The maximum atomic E-state index is 12.8. The summed E-state index contributed by atoms with van der Waals surface area (Å²) in [6.45, 7) is 2.98. The molecule has 1 aromatic carbocycles. The van der Waals surface area contributed by atoms with Crippen LogP contribution < -0.4 is 0 Å². The Hall–Kier alpha value is -1.57. The highest BCUT2D eigenvalue weighted by atomic mass is 16.2. The molecule has 0 N–H and O–H groups in total. The number of carbonyl (C=O) groups is 1. The molecule has 3 rings (SSSR count). The molecule has 0 aliphatic heterocycles. The number of benzene rings is 1. The Morgan fingerprint density at radius 2 is 2.00 bits per heavy atom. The standard InChI is InChI=1S/C19H25NO/c1-15(18-11-12-18)20(14-17-9-3-2-4-10-17)19(21)13-16-7-5-6-8-16/h2-5,7,9-10,15-16,18H,6,8,11-14H2,1H3. The molecule has 2 atom stereocenters. The minimum atomic E-state index is 0.329. The van der Waals surface area contributed by atoms with Crippen LogP contribution in [0.4, 0.5) is 0 Å². The molecule has 0 radical (unpaired) electrons. The molecule has 0 aromatic heterocycles. The van der Waals surface area contributed by atoms with E-state index in [2.05, 4.69) is 48.2 Å². The minimum absolute atomic E-state index is 0.329. The van der Waals surface area contributed by atoms with Gasteiger partial charge >= 0.3 is 0 Å². The highest BCUT2D eigenvalue weighted by Crippen LogP contribution is 2.36. The molecule has 1 amide bonds. The van der Waals surface area contributed by atoms with Crippen molar-refractivity contribution in [2.75, 3.05) is 0 Å². The highest BCUT2D eigenvalue weighted by Gasteiger charge is 2.34. The van der Waals surface area contributed by atoms with Crippen molar-refractivity contribution in [2.45, 2.75) is 51.6 Å². The van der Waals surface area contributed by atoms with E-state index >= 15 is 0 Å². The second kappa shape index (κ2) is 6.46. The van der Waals surface area contributed by atoms with Gasteiger partial charge in [0.2, 0.25) is 5.91 Å². The molecule has 2 unspecified atom stereocenters. The molecule has 0 saturated heterocycles. The van der Waals surface area contributed by atoms with E-state index in [-0.39, 0.29) is 0 Å². The van der Waals surface area contributed by atoms with E-state index in [1.54, 1.807) is 0 Å². The second-order valence-electron chi connectivity index (χ2n) is 6.55. The van der Waals surface area contributed by atoms with Gasteiger partial charge in [0.25, 0.3) is 0 Å². The largest absolute Gasteiger partial charge is 0.335 e. The first-order valence-corrected chi connectivity index (χ1v) is 8.24. The van der Waals surface area contributed by atoms with E-state index in [1.165, 1.54) is 18.4 Å². The van der Waals surface area contributed by atoms with Crippen LogP contribution in [-0.2, 0) is 11.3 Å². The zero-order valence-corrected chi connectivity index (χ0v) is 12.9. The van der Waals surface area contributed by atoms with Crippen LogP contribution >= 0.6 is 0 Å². The van der Waals surface area contributed by atoms with Gasteiger partial charge in [-0.15, -0.1) is 0 Å². The molecule has 2 aliphatic carbocycles. The Morgan fingerprint density at radius 3 is 2.62 bits per heavy atom. The molecular weight excluding hydrogens is 258 g/mol. The third-order valence-corrected chi connectivity index (χ3v) is 4.86. The van der Waals surface area contributed by atoms with Gasteiger partial charge < -0.3 is 4.90 Å². The summed E-state index contributed by atoms with van der Waals surface area (Å²) < 4.78 is 0. The van der Waals surface area contributed by atoms with E-state index in [4.69, 9.17) is 0 Å². The van der Waals surface area contributed by atoms with Crippen molar-refractivity contribution in [1.82, 2.24) is 4.90 Å². The molecule has 0 heterocycles. The van der Waals surface area contributed by atoms with E-state index < -0.39 is 0 Å². The van der Waals surface area contributed by atoms with E-state index in [0.717, 1.165) is 25.3 Å². The van der Waals surface area contributed by atoms with Crippen molar-refractivity contribution >= 4 is 5.91 Å². The molecule has 1 fully saturated rings. The van der Waals surface area contributed by atoms with Gasteiger partial charge in [-0.2, -0.15) is 0 Å². The number of hydrogen-bond acceptors (Lipinski definition) is 1. The van der Waals surface area contributed by atoms with Crippen molar-refractivity contribution < 1.29 is 4.79 Å². The lowest BCUT2D eigenvalue weighted by Crippen LogP contribution is -2.40. The molecule has 112 valence electrons. The van der Waals surface area contributed by atoms with Crippen molar-refractivity contribution in [2.24, 2.45) is 11.8 Å². The topological polar surface area (TPSA) is 20.3 Å². The lowest BCUT2D eigenvalue weighted by atomic mass is 10.0. The SMILES string of the molecule is CC(C1CC1)N(Cc1ccccc1)C(=O)CC1C=CCC1. The normalized spacial score (nSPS) is 22.2. The molecule has 21 heavy (non-hydrogen) atoms. The quantitative estimate of drug-likeness (QED) is 0.718. The first kappa shape index (κ1) is 14.4. The fourth-order valence-corrected chi connectivity index (χ4v) is 3.28. The highest BCUT2D eigenvalue weighted by molar-refractivity contribution is 5.77. The zero-order chi connectivity index (χ0) is 14.7. The third-order valence-electron chi connectivity index (χ3n) is 4.86. The van der Waals surface area contributed by atoms with Gasteiger partial charge in [-0.25, -0.2) is 0 Å². The average Bonchev–Trinajstić information content (AvgIpc) is 3.23. The van der Waals surface area contributed by atoms with Gasteiger partial charge in [-0.3, -0.25) is 4.79 Å². The van der Waals surface area contributed by atoms with Crippen LogP contribution in [-0.4, -0.2) is 16.8 Å². The summed E-state index contributed by atoms with van der Waals surface area (Å²) in [5.74, 6) is 1.51. The average molecular weight is 283 g/mol. The van der Waals surface area contributed by atoms with Gasteiger partial charge in [-0.05, 0) is 50.0 Å². The maximum absolute atomic E-state index is 12.8. The van der Waals surface area contributed by atoms with Gasteiger partial charge in [0.1, 0.15) is 0 Å². The molecule has 2 aliphatic rings. The van der Waals surface area contributed by atoms with Crippen LogP contribution in [0, 0.1) is 11.8 Å². The van der Waals surface area contributed by atoms with Crippen LogP contribution in [0.3, 0.4) is 0 Å². The second-order valence-corrected chi connectivity index (χ2v) is 6.55. The van der Waals surface area contributed by atoms with Gasteiger partial charge in [0.15, 0.2) is 0 Å². The Kier molecular flexibility index (Phi) is 4.42. The van der Waals surface area contributed by atoms with E-state index in [1.807, 2.05) is 6.07 Å². The number of carbonyl (C=O) groups excluding carboxylic acids is 1. The summed E-state index contributed by atoms with van der Waals surface area (Å²) in [5.41, 5.74) is 1.24. The van der Waals surface area contributed by atoms with Crippen molar-refractivity contribution in [1.29, 1.82) is 0 Å². The number of amides is 1. The van der Waals surface area contributed by atoms with Crippen LogP contribution in [0.5, 0.6) is 0 Å². The molecule has 2 nitrogen and oxygen atoms in total. The van der Waals surface area contributed by atoms with Crippen LogP contribution in [0.1, 0.15) is 44.6 Å². The van der Waals surface area contributed by atoms with Gasteiger partial charge in [-0.1, -0.05) is 42.5 Å².